The highest BCUT2D eigenvalue weighted by atomic mass is 79.9. The number of rotatable bonds is 3. The smallest absolute Gasteiger partial charge is 0.169 e. The lowest BCUT2D eigenvalue weighted by Gasteiger charge is -2.19. The summed E-state index contributed by atoms with van der Waals surface area (Å²) in [4.78, 5) is 4.81. The molecule has 27 heavy (non-hydrogen) atoms. The van der Waals surface area contributed by atoms with Crippen molar-refractivity contribution in [1.29, 1.82) is 0 Å². The zero-order valence-corrected chi connectivity index (χ0v) is 16.1. The monoisotopic (exact) mass is 425 g/mol. The quantitative estimate of drug-likeness (QED) is 0.489. The molecule has 0 atom stereocenters. The number of furan rings is 1. The number of nitrogens with zero attached hydrogens (tertiary/aromatic N) is 2. The van der Waals surface area contributed by atoms with Gasteiger partial charge >= 0.3 is 0 Å². The minimum absolute atomic E-state index is 0.553. The van der Waals surface area contributed by atoms with E-state index >= 15 is 0 Å². The first-order valence-electron chi connectivity index (χ1n) is 8.59. The summed E-state index contributed by atoms with van der Waals surface area (Å²) in [6.45, 7) is 3.17. The van der Waals surface area contributed by atoms with Gasteiger partial charge in [-0.25, -0.2) is 4.98 Å². The molecule has 0 fully saturated rings. The molecule has 1 aliphatic heterocycles. The molecule has 4 heterocycles. The van der Waals surface area contributed by atoms with Crippen molar-refractivity contribution in [2.45, 2.75) is 6.92 Å². The molecule has 3 aromatic heterocycles. The Morgan fingerprint density at radius 2 is 1.93 bits per heavy atom. The van der Waals surface area contributed by atoms with Gasteiger partial charge in [0.1, 0.15) is 30.4 Å². The number of fused-ring (bicyclic) bond motifs is 2. The maximum Gasteiger partial charge on any atom is 0.169 e. The Morgan fingerprint density at radius 1 is 1.07 bits per heavy atom. The molecule has 0 unspecified atom stereocenters. The fraction of sp³-hybridized carbons (Fsp3) is 0.150. The lowest BCUT2D eigenvalue weighted by atomic mass is 10.2. The molecule has 136 valence electrons. The Hall–Kier alpha value is -2.93. The van der Waals surface area contributed by atoms with E-state index < -0.39 is 0 Å². The largest absolute Gasteiger partial charge is 0.486 e. The standard InChI is InChI=1S/C20H16BrN3O3/c1-12-3-2-8-24-19(12)23-18(15-6-7-17(21)27-15)20(24)22-13-4-5-14-16(11-13)26-10-9-25-14/h2-8,11,22H,9-10H2,1H3. The van der Waals surface area contributed by atoms with Gasteiger partial charge in [0.05, 0.1) is 0 Å². The molecule has 6 nitrogen and oxygen atoms in total. The lowest BCUT2D eigenvalue weighted by Crippen LogP contribution is -2.15. The number of halogens is 1. The minimum atomic E-state index is 0.553. The Morgan fingerprint density at radius 3 is 2.74 bits per heavy atom. The number of ether oxygens (including phenoxy) is 2. The number of anilines is 2. The van der Waals surface area contributed by atoms with E-state index in [4.69, 9.17) is 18.9 Å². The number of hydrogen-bond donors (Lipinski definition) is 1. The van der Waals surface area contributed by atoms with Crippen molar-refractivity contribution in [1.82, 2.24) is 9.38 Å². The first kappa shape index (κ1) is 16.3. The topological polar surface area (TPSA) is 60.9 Å². The van der Waals surface area contributed by atoms with Crippen LogP contribution in [-0.4, -0.2) is 22.6 Å². The third-order valence-electron chi connectivity index (χ3n) is 4.46. The number of pyridine rings is 1. The van der Waals surface area contributed by atoms with Gasteiger partial charge in [-0.2, -0.15) is 0 Å². The van der Waals surface area contributed by atoms with E-state index in [9.17, 15) is 0 Å². The molecule has 0 saturated carbocycles. The van der Waals surface area contributed by atoms with E-state index in [1.165, 1.54) is 0 Å². The van der Waals surface area contributed by atoms with Crippen molar-refractivity contribution in [3.63, 3.8) is 0 Å². The van der Waals surface area contributed by atoms with Crippen molar-refractivity contribution in [2.24, 2.45) is 0 Å². The summed E-state index contributed by atoms with van der Waals surface area (Å²) in [5.41, 5.74) is 3.58. The second kappa shape index (κ2) is 6.35. The molecule has 1 aliphatic rings. The molecular weight excluding hydrogens is 410 g/mol. The van der Waals surface area contributed by atoms with Crippen LogP contribution in [0, 0.1) is 6.92 Å². The number of aromatic nitrogens is 2. The molecule has 1 aromatic carbocycles. The van der Waals surface area contributed by atoms with Gasteiger partial charge in [-0.05, 0) is 58.7 Å². The van der Waals surface area contributed by atoms with Gasteiger partial charge < -0.3 is 19.2 Å². The predicted octanol–water partition coefficient (Wildman–Crippen LogP) is 5.18. The fourth-order valence-corrected chi connectivity index (χ4v) is 3.50. The number of nitrogens with one attached hydrogen (secondary N) is 1. The maximum absolute atomic E-state index is 5.76. The first-order valence-corrected chi connectivity index (χ1v) is 9.38. The second-order valence-electron chi connectivity index (χ2n) is 6.28. The van der Waals surface area contributed by atoms with E-state index in [2.05, 4.69) is 21.2 Å². The Balaban J connectivity index is 1.64. The second-order valence-corrected chi connectivity index (χ2v) is 7.06. The van der Waals surface area contributed by atoms with Gasteiger partial charge in [0, 0.05) is 18.0 Å². The van der Waals surface area contributed by atoms with Crippen molar-refractivity contribution < 1.29 is 13.9 Å². The average Bonchev–Trinajstić information content (AvgIpc) is 3.26. The third kappa shape index (κ3) is 2.84. The van der Waals surface area contributed by atoms with E-state index in [0.717, 1.165) is 39.9 Å². The Kier molecular flexibility index (Phi) is 3.82. The van der Waals surface area contributed by atoms with Crippen molar-refractivity contribution in [2.75, 3.05) is 18.5 Å². The molecule has 0 bridgehead atoms. The zero-order chi connectivity index (χ0) is 18.4. The van der Waals surface area contributed by atoms with Crippen LogP contribution in [0.1, 0.15) is 5.56 Å². The molecule has 0 saturated heterocycles. The predicted molar refractivity (Wildman–Crippen MR) is 106 cm³/mol. The average molecular weight is 426 g/mol. The van der Waals surface area contributed by atoms with Crippen LogP contribution >= 0.6 is 15.9 Å². The molecule has 0 radical (unpaired) electrons. The minimum Gasteiger partial charge on any atom is -0.486 e. The van der Waals surface area contributed by atoms with Gasteiger partial charge in [0.15, 0.2) is 21.9 Å². The normalized spacial score (nSPS) is 13.1. The van der Waals surface area contributed by atoms with Crippen LogP contribution in [0.15, 0.2) is 57.7 Å². The summed E-state index contributed by atoms with van der Waals surface area (Å²) < 4.78 is 19.8. The van der Waals surface area contributed by atoms with E-state index in [0.29, 0.717) is 23.6 Å². The number of aryl methyl sites for hydroxylation is 1. The highest BCUT2D eigenvalue weighted by Gasteiger charge is 2.19. The summed E-state index contributed by atoms with van der Waals surface area (Å²) in [7, 11) is 0. The van der Waals surface area contributed by atoms with Crippen LogP contribution in [0.25, 0.3) is 17.1 Å². The summed E-state index contributed by atoms with van der Waals surface area (Å²) in [5, 5.41) is 3.47. The molecule has 4 aromatic rings. The number of hydrogen-bond acceptors (Lipinski definition) is 5. The van der Waals surface area contributed by atoms with Crippen LogP contribution in [0.3, 0.4) is 0 Å². The molecular formula is C20H16BrN3O3. The highest BCUT2D eigenvalue weighted by Crippen LogP contribution is 2.37. The molecule has 5 rings (SSSR count). The van der Waals surface area contributed by atoms with Crippen LogP contribution in [0.5, 0.6) is 11.5 Å². The molecule has 0 spiro atoms. The van der Waals surface area contributed by atoms with Crippen molar-refractivity contribution in [3.8, 4) is 23.0 Å². The molecule has 7 heteroatoms. The van der Waals surface area contributed by atoms with E-state index in [-0.39, 0.29) is 0 Å². The molecule has 0 aliphatic carbocycles. The molecule has 0 amide bonds. The first-order chi connectivity index (χ1) is 13.2. The van der Waals surface area contributed by atoms with Crippen molar-refractivity contribution in [3.05, 3.63) is 58.9 Å². The Labute approximate surface area is 163 Å². The summed E-state index contributed by atoms with van der Waals surface area (Å²) in [5.74, 6) is 3.01. The summed E-state index contributed by atoms with van der Waals surface area (Å²) >= 11 is 3.37. The number of imidazole rings is 1. The van der Waals surface area contributed by atoms with Crippen LogP contribution in [0.2, 0.25) is 0 Å². The third-order valence-corrected chi connectivity index (χ3v) is 4.88. The number of benzene rings is 1. The summed E-state index contributed by atoms with van der Waals surface area (Å²) in [6, 6.07) is 13.6. The Bertz CT molecular complexity index is 1150. The van der Waals surface area contributed by atoms with Gasteiger partial charge in [-0.1, -0.05) is 6.07 Å². The lowest BCUT2D eigenvalue weighted by molar-refractivity contribution is 0.171. The zero-order valence-electron chi connectivity index (χ0n) is 14.5. The fourth-order valence-electron chi connectivity index (χ4n) is 3.19. The van der Waals surface area contributed by atoms with Gasteiger partial charge in [-0.3, -0.25) is 4.40 Å². The van der Waals surface area contributed by atoms with Crippen LogP contribution in [-0.2, 0) is 0 Å². The molecule has 1 N–H and O–H groups in total. The van der Waals surface area contributed by atoms with Gasteiger partial charge in [0.25, 0.3) is 0 Å². The van der Waals surface area contributed by atoms with E-state index in [1.54, 1.807) is 0 Å². The highest BCUT2D eigenvalue weighted by molar-refractivity contribution is 9.10. The van der Waals surface area contributed by atoms with Crippen molar-refractivity contribution >= 4 is 33.1 Å². The SMILES string of the molecule is Cc1cccn2c(Nc3ccc4c(c3)OCCO4)c(-c3ccc(Br)o3)nc12. The van der Waals surface area contributed by atoms with E-state index in [1.807, 2.05) is 60.0 Å². The van der Waals surface area contributed by atoms with Crippen LogP contribution < -0.4 is 14.8 Å². The van der Waals surface area contributed by atoms with Gasteiger partial charge in [-0.15, -0.1) is 0 Å². The van der Waals surface area contributed by atoms with Crippen LogP contribution in [0.4, 0.5) is 11.5 Å². The summed E-state index contributed by atoms with van der Waals surface area (Å²) in [6.07, 6.45) is 1.98. The van der Waals surface area contributed by atoms with Gasteiger partial charge in [0.2, 0.25) is 0 Å². The maximum atomic E-state index is 5.76.